The molecule has 0 aromatic carbocycles. The second kappa shape index (κ2) is 202. The van der Waals surface area contributed by atoms with Gasteiger partial charge in [0.25, 0.3) is 0 Å². The van der Waals surface area contributed by atoms with Gasteiger partial charge in [0.1, 0.15) is 0 Å². The van der Waals surface area contributed by atoms with Crippen LogP contribution in [-0.4, -0.2) is 11.0 Å². The zero-order valence-corrected chi connectivity index (χ0v) is 4.74. The van der Waals surface area contributed by atoms with Crippen molar-refractivity contribution in [1.29, 1.82) is 0 Å². The first-order valence-corrected chi connectivity index (χ1v) is 0. The molecule has 0 bridgehead atoms. The second-order valence-corrected chi connectivity index (χ2v) is 0. The molecule has 0 aromatic heterocycles. The van der Waals surface area contributed by atoms with Crippen molar-refractivity contribution in [3.8, 4) is 0 Å². The fourth-order valence-electron chi connectivity index (χ4n) is 0. The van der Waals surface area contributed by atoms with Gasteiger partial charge in [0.05, 0.1) is 0 Å². The summed E-state index contributed by atoms with van der Waals surface area (Å²) in [6, 6.07) is 0. The van der Waals surface area contributed by atoms with E-state index in [9.17, 15) is 0 Å². The Morgan fingerprint density at radius 3 is 0.600 bits per heavy atom. The summed E-state index contributed by atoms with van der Waals surface area (Å²) in [6.45, 7) is 0. The smallest absolute Gasteiger partial charge is 0.693 e. The van der Waals surface area contributed by atoms with E-state index in [2.05, 4.69) is 0 Å². The predicted molar refractivity (Wildman–Crippen MR) is 17.8 cm³/mol. The Hall–Kier alpha value is 0.528. The standard InChI is InChI=1S/2H2N.2H2O.Pt/h4*1H2;/q2*-1;;;+4. The molecule has 8 N–H and O–H groups in total. The molecule has 0 amide bonds. The first kappa shape index (κ1) is 406. The fraction of sp³-hybridized carbons (Fsp3) is 0. The van der Waals surface area contributed by atoms with Crippen LogP contribution in [0.4, 0.5) is 0 Å². The topological polar surface area (TPSA) is 130 Å². The van der Waals surface area contributed by atoms with Crippen molar-refractivity contribution in [3.05, 3.63) is 12.3 Å². The molecule has 0 aliphatic carbocycles. The molecule has 0 heterocycles. The van der Waals surface area contributed by atoms with E-state index in [1.165, 1.54) is 0 Å². The minimum Gasteiger partial charge on any atom is -0.693 e. The van der Waals surface area contributed by atoms with Crippen LogP contribution in [0.3, 0.4) is 0 Å². The molecule has 0 atom stereocenters. The first-order chi connectivity index (χ1) is 0. The maximum absolute atomic E-state index is 0. The normalized spacial score (nSPS) is 0. The van der Waals surface area contributed by atoms with Crippen LogP contribution in [0.15, 0.2) is 0 Å². The van der Waals surface area contributed by atoms with Crippen LogP contribution in [0, 0.1) is 0 Å². The van der Waals surface area contributed by atoms with Crippen LogP contribution in [0.5, 0.6) is 0 Å². The third-order valence-electron chi connectivity index (χ3n) is 0. The summed E-state index contributed by atoms with van der Waals surface area (Å²) in [7, 11) is 0. The molecule has 0 saturated heterocycles. The van der Waals surface area contributed by atoms with Crippen molar-refractivity contribution < 1.29 is 32.0 Å². The van der Waals surface area contributed by atoms with Gasteiger partial charge in [0.15, 0.2) is 0 Å². The zero-order chi connectivity index (χ0) is 0. The van der Waals surface area contributed by atoms with Crippen LogP contribution in [-0.2, 0) is 21.1 Å². The Balaban J connectivity index is 0. The molecule has 5 heavy (non-hydrogen) atoms. The molecular formula is H8N2O2Pt+2. The van der Waals surface area contributed by atoms with Gasteiger partial charge in [-0.3, -0.25) is 0 Å². The number of hydrogen-bond acceptors (Lipinski definition) is 0. The third-order valence-corrected chi connectivity index (χ3v) is 0. The van der Waals surface area contributed by atoms with Crippen molar-refractivity contribution in [1.82, 2.24) is 0 Å². The summed E-state index contributed by atoms with van der Waals surface area (Å²) in [6.07, 6.45) is 0. The van der Waals surface area contributed by atoms with Crippen molar-refractivity contribution >= 4 is 0 Å². The third kappa shape index (κ3) is 104. The van der Waals surface area contributed by atoms with Gasteiger partial charge in [0.2, 0.25) is 0 Å². The minimum absolute atomic E-state index is 0. The summed E-state index contributed by atoms with van der Waals surface area (Å²) < 4.78 is 0. The van der Waals surface area contributed by atoms with Crippen LogP contribution in [0.25, 0.3) is 12.3 Å². The van der Waals surface area contributed by atoms with Crippen LogP contribution in [0.2, 0.25) is 0 Å². The van der Waals surface area contributed by atoms with Gasteiger partial charge in [-0.25, -0.2) is 0 Å². The van der Waals surface area contributed by atoms with Crippen molar-refractivity contribution in [2.45, 2.75) is 0 Å². The van der Waals surface area contributed by atoms with Gasteiger partial charge in [-0.05, 0) is 0 Å². The van der Waals surface area contributed by atoms with Crippen LogP contribution in [0.1, 0.15) is 0 Å². The predicted octanol–water partition coefficient (Wildman–Crippen LogP) is -0.218. The molecule has 0 fully saturated rings. The van der Waals surface area contributed by atoms with Gasteiger partial charge >= 0.3 is 21.1 Å². The molecule has 0 unspecified atom stereocenters. The molecule has 0 aliphatic heterocycles. The van der Waals surface area contributed by atoms with Crippen LogP contribution >= 0.6 is 0 Å². The van der Waals surface area contributed by atoms with E-state index in [4.69, 9.17) is 0 Å². The second-order valence-electron chi connectivity index (χ2n) is 0. The molecule has 0 aromatic rings. The van der Waals surface area contributed by atoms with E-state index in [0.29, 0.717) is 0 Å². The molecule has 5 heteroatoms. The SMILES string of the molecule is O.O.[NH2-].[NH2-].[Pt+4]. The van der Waals surface area contributed by atoms with Gasteiger partial charge in [0, 0.05) is 0 Å². The maximum Gasteiger partial charge on any atom is 4.00 e. The summed E-state index contributed by atoms with van der Waals surface area (Å²) in [5, 5.41) is 0. The van der Waals surface area contributed by atoms with E-state index in [1.54, 1.807) is 0 Å². The van der Waals surface area contributed by atoms with E-state index in [0.717, 1.165) is 0 Å². The van der Waals surface area contributed by atoms with E-state index >= 15 is 0 Å². The Morgan fingerprint density at radius 1 is 0.600 bits per heavy atom. The van der Waals surface area contributed by atoms with E-state index < -0.39 is 0 Å². The Morgan fingerprint density at radius 2 is 0.600 bits per heavy atom. The van der Waals surface area contributed by atoms with Crippen molar-refractivity contribution in [2.75, 3.05) is 0 Å². The number of hydrogen-bond donors (Lipinski definition) is 0. The fourth-order valence-corrected chi connectivity index (χ4v) is 0. The Kier molecular flexibility index (Phi) is 16400. The summed E-state index contributed by atoms with van der Waals surface area (Å²) >= 11 is 0. The summed E-state index contributed by atoms with van der Waals surface area (Å²) in [5.74, 6) is 0. The van der Waals surface area contributed by atoms with Crippen LogP contribution < -0.4 is 0 Å². The molecule has 4 nitrogen and oxygen atoms in total. The van der Waals surface area contributed by atoms with Crippen molar-refractivity contribution in [3.63, 3.8) is 0 Å². The molecule has 38 valence electrons. The monoisotopic (exact) mass is 263 g/mol. The molecule has 0 spiro atoms. The average molecular weight is 263 g/mol. The number of rotatable bonds is 0. The zero-order valence-electron chi connectivity index (χ0n) is 2.47. The Labute approximate surface area is 45.0 Å². The van der Waals surface area contributed by atoms with Crippen molar-refractivity contribution in [2.24, 2.45) is 0 Å². The quantitative estimate of drug-likeness (QED) is 0.572. The minimum atomic E-state index is 0. The van der Waals surface area contributed by atoms with Gasteiger partial charge < -0.3 is 23.3 Å². The Bertz CT molecular complexity index is 7.61. The molecule has 0 saturated carbocycles. The number of nitrogens with two attached hydrogens (primary N) is 2. The average Bonchev–Trinajstić information content (AvgIpc) is 0. The summed E-state index contributed by atoms with van der Waals surface area (Å²) in [4.78, 5) is 0. The van der Waals surface area contributed by atoms with E-state index in [-0.39, 0.29) is 44.3 Å². The first-order valence-electron chi connectivity index (χ1n) is 0. The molecule has 0 radical (unpaired) electrons. The molecule has 0 rings (SSSR count). The maximum atomic E-state index is 0. The molecule has 0 aliphatic rings. The molecular weight excluding hydrogens is 255 g/mol. The van der Waals surface area contributed by atoms with E-state index in [1.807, 2.05) is 0 Å². The largest absolute Gasteiger partial charge is 4.00 e. The summed E-state index contributed by atoms with van der Waals surface area (Å²) in [5.41, 5.74) is 0. The van der Waals surface area contributed by atoms with Gasteiger partial charge in [-0.2, -0.15) is 0 Å². The van der Waals surface area contributed by atoms with Gasteiger partial charge in [-0.1, -0.05) is 0 Å². The van der Waals surface area contributed by atoms with Gasteiger partial charge in [-0.15, -0.1) is 0 Å².